The third-order valence-corrected chi connectivity index (χ3v) is 3.58. The summed E-state index contributed by atoms with van der Waals surface area (Å²) < 4.78 is 4.10. The van der Waals surface area contributed by atoms with Crippen LogP contribution >= 0.6 is 11.6 Å². The molecule has 0 aliphatic heterocycles. The quantitative estimate of drug-likeness (QED) is 0.735. The lowest BCUT2D eigenvalue weighted by atomic mass is 10.3. The van der Waals surface area contributed by atoms with Gasteiger partial charge in [-0.1, -0.05) is 11.6 Å². The molecule has 0 atom stereocenters. The van der Waals surface area contributed by atoms with Gasteiger partial charge in [0.05, 0.1) is 17.4 Å². The lowest BCUT2D eigenvalue weighted by Gasteiger charge is -2.07. The predicted molar refractivity (Wildman–Crippen MR) is 80.6 cm³/mol. The number of nitrogen functional groups attached to an aromatic ring is 1. The first kappa shape index (κ1) is 13.0. The van der Waals surface area contributed by atoms with Crippen LogP contribution in [-0.4, -0.2) is 19.1 Å². The van der Waals surface area contributed by atoms with Gasteiger partial charge in [-0.2, -0.15) is 0 Å². The average Bonchev–Trinajstić information content (AvgIpc) is 3.03. The number of fused-ring (bicyclic) bond motifs is 1. The van der Waals surface area contributed by atoms with Gasteiger partial charge in [-0.05, 0) is 31.0 Å². The number of unbranched alkanes of at least 4 members (excludes halogenated alkanes) is 1. The molecule has 2 heterocycles. The van der Waals surface area contributed by atoms with Gasteiger partial charge in [0.1, 0.15) is 0 Å². The second-order valence-electron chi connectivity index (χ2n) is 4.76. The van der Waals surface area contributed by atoms with Crippen molar-refractivity contribution in [2.75, 3.05) is 5.73 Å². The van der Waals surface area contributed by atoms with E-state index >= 15 is 0 Å². The Kier molecular flexibility index (Phi) is 3.60. The summed E-state index contributed by atoms with van der Waals surface area (Å²) >= 11 is 6.04. The monoisotopic (exact) mass is 289 g/mol. The van der Waals surface area contributed by atoms with E-state index in [0.29, 0.717) is 11.0 Å². The van der Waals surface area contributed by atoms with Crippen LogP contribution in [0.3, 0.4) is 0 Å². The number of hydrogen-bond acceptors (Lipinski definition) is 3. The van der Waals surface area contributed by atoms with Crippen molar-refractivity contribution in [2.24, 2.45) is 0 Å². The Morgan fingerprint density at radius 3 is 2.85 bits per heavy atom. The number of aromatic nitrogens is 4. The summed E-state index contributed by atoms with van der Waals surface area (Å²) in [6, 6.07) is 5.64. The molecule has 2 aromatic heterocycles. The molecule has 0 saturated heterocycles. The average molecular weight is 290 g/mol. The largest absolute Gasteiger partial charge is 0.369 e. The van der Waals surface area contributed by atoms with E-state index < -0.39 is 0 Å². The minimum absolute atomic E-state index is 0.546. The fourth-order valence-corrected chi connectivity index (χ4v) is 2.50. The number of anilines is 1. The van der Waals surface area contributed by atoms with Crippen LogP contribution < -0.4 is 5.73 Å². The summed E-state index contributed by atoms with van der Waals surface area (Å²) in [4.78, 5) is 8.38. The Morgan fingerprint density at radius 1 is 1.20 bits per heavy atom. The zero-order valence-corrected chi connectivity index (χ0v) is 11.8. The molecule has 2 N–H and O–H groups in total. The highest BCUT2D eigenvalue weighted by atomic mass is 35.5. The van der Waals surface area contributed by atoms with E-state index in [1.54, 1.807) is 6.20 Å². The minimum atomic E-state index is 0.546. The number of imidazole rings is 2. The molecule has 6 heteroatoms. The number of rotatable bonds is 5. The normalized spacial score (nSPS) is 11.2. The Bertz CT molecular complexity index is 702. The molecular weight excluding hydrogens is 274 g/mol. The molecule has 0 amide bonds. The highest BCUT2D eigenvalue weighted by molar-refractivity contribution is 6.31. The van der Waals surface area contributed by atoms with Crippen LogP contribution in [0.15, 0.2) is 36.9 Å². The smallest absolute Gasteiger partial charge is 0.201 e. The fourth-order valence-electron chi connectivity index (χ4n) is 2.33. The zero-order chi connectivity index (χ0) is 13.9. The molecular formula is C14H16ClN5. The maximum absolute atomic E-state index is 6.04. The van der Waals surface area contributed by atoms with E-state index in [9.17, 15) is 0 Å². The van der Waals surface area contributed by atoms with Crippen molar-refractivity contribution >= 4 is 28.6 Å². The Balaban J connectivity index is 1.67. The van der Waals surface area contributed by atoms with Crippen molar-refractivity contribution in [3.63, 3.8) is 0 Å². The van der Waals surface area contributed by atoms with Crippen molar-refractivity contribution < 1.29 is 0 Å². The SMILES string of the molecule is Nc1nc2ccc(Cl)cc2n1CCCCn1ccnc1. The number of hydrogen-bond donors (Lipinski definition) is 1. The topological polar surface area (TPSA) is 61.7 Å². The number of nitrogens with zero attached hydrogens (tertiary/aromatic N) is 4. The van der Waals surface area contributed by atoms with Crippen LogP contribution in [0.1, 0.15) is 12.8 Å². The third-order valence-electron chi connectivity index (χ3n) is 3.35. The first-order chi connectivity index (χ1) is 9.74. The molecule has 3 rings (SSSR count). The highest BCUT2D eigenvalue weighted by Gasteiger charge is 2.08. The van der Waals surface area contributed by atoms with Crippen molar-refractivity contribution in [3.05, 3.63) is 41.9 Å². The van der Waals surface area contributed by atoms with Gasteiger partial charge in [0.15, 0.2) is 0 Å². The van der Waals surface area contributed by atoms with Crippen LogP contribution in [-0.2, 0) is 13.1 Å². The maximum atomic E-state index is 6.04. The van der Waals surface area contributed by atoms with E-state index in [1.165, 1.54) is 0 Å². The van der Waals surface area contributed by atoms with Crippen molar-refractivity contribution in [3.8, 4) is 0 Å². The first-order valence-corrected chi connectivity index (χ1v) is 6.99. The van der Waals surface area contributed by atoms with Crippen LogP contribution in [0.25, 0.3) is 11.0 Å². The van der Waals surface area contributed by atoms with Gasteiger partial charge >= 0.3 is 0 Å². The van der Waals surface area contributed by atoms with Gasteiger partial charge < -0.3 is 14.9 Å². The first-order valence-electron chi connectivity index (χ1n) is 6.61. The van der Waals surface area contributed by atoms with Crippen molar-refractivity contribution in [1.29, 1.82) is 0 Å². The van der Waals surface area contributed by atoms with Crippen molar-refractivity contribution in [2.45, 2.75) is 25.9 Å². The molecule has 0 radical (unpaired) electrons. The Labute approximate surface area is 122 Å². The van der Waals surface area contributed by atoms with Gasteiger partial charge in [-0.25, -0.2) is 9.97 Å². The van der Waals surface area contributed by atoms with E-state index in [0.717, 1.165) is 37.0 Å². The van der Waals surface area contributed by atoms with Crippen LogP contribution in [0, 0.1) is 0 Å². The summed E-state index contributed by atoms with van der Waals surface area (Å²) in [5.41, 5.74) is 7.86. The Hall–Kier alpha value is -2.01. The summed E-state index contributed by atoms with van der Waals surface area (Å²) in [5, 5.41) is 0.706. The van der Waals surface area contributed by atoms with E-state index in [-0.39, 0.29) is 0 Å². The number of halogens is 1. The molecule has 0 unspecified atom stereocenters. The van der Waals surface area contributed by atoms with Crippen LogP contribution in [0.5, 0.6) is 0 Å². The van der Waals surface area contributed by atoms with Gasteiger partial charge in [0, 0.05) is 30.5 Å². The van der Waals surface area contributed by atoms with Crippen LogP contribution in [0.4, 0.5) is 5.95 Å². The summed E-state index contributed by atoms with van der Waals surface area (Å²) in [5.74, 6) is 0.546. The standard InChI is InChI=1S/C14H16ClN5/c15-11-3-4-12-13(9-11)20(14(16)18-12)7-2-1-6-19-8-5-17-10-19/h3-5,8-10H,1-2,6-7H2,(H2,16,18). The molecule has 0 fully saturated rings. The fraction of sp³-hybridized carbons (Fsp3) is 0.286. The van der Waals surface area contributed by atoms with Gasteiger partial charge in [-0.15, -0.1) is 0 Å². The molecule has 0 aliphatic rings. The van der Waals surface area contributed by atoms with Crippen molar-refractivity contribution in [1.82, 2.24) is 19.1 Å². The Morgan fingerprint density at radius 2 is 2.05 bits per heavy atom. The lowest BCUT2D eigenvalue weighted by molar-refractivity contribution is 0.562. The molecule has 0 bridgehead atoms. The maximum Gasteiger partial charge on any atom is 0.201 e. The van der Waals surface area contributed by atoms with E-state index in [4.69, 9.17) is 17.3 Å². The number of nitrogens with two attached hydrogens (primary N) is 1. The summed E-state index contributed by atoms with van der Waals surface area (Å²) in [7, 11) is 0. The van der Waals surface area contributed by atoms with Gasteiger partial charge in [0.2, 0.25) is 5.95 Å². The van der Waals surface area contributed by atoms with E-state index in [2.05, 4.69) is 14.5 Å². The molecule has 5 nitrogen and oxygen atoms in total. The van der Waals surface area contributed by atoms with Crippen LogP contribution in [0.2, 0.25) is 5.02 Å². The molecule has 0 aliphatic carbocycles. The lowest BCUT2D eigenvalue weighted by Crippen LogP contribution is -2.04. The molecule has 1 aromatic carbocycles. The second-order valence-corrected chi connectivity index (χ2v) is 5.20. The van der Waals surface area contributed by atoms with E-state index in [1.807, 2.05) is 35.3 Å². The van der Waals surface area contributed by atoms with Gasteiger partial charge in [-0.3, -0.25) is 0 Å². The second kappa shape index (κ2) is 5.54. The molecule has 0 spiro atoms. The molecule has 20 heavy (non-hydrogen) atoms. The highest BCUT2D eigenvalue weighted by Crippen LogP contribution is 2.22. The predicted octanol–water partition coefficient (Wildman–Crippen LogP) is 2.95. The molecule has 3 aromatic rings. The number of benzene rings is 1. The zero-order valence-electron chi connectivity index (χ0n) is 11.0. The third kappa shape index (κ3) is 2.63. The summed E-state index contributed by atoms with van der Waals surface area (Å²) in [6.07, 6.45) is 7.70. The molecule has 0 saturated carbocycles. The van der Waals surface area contributed by atoms with Gasteiger partial charge in [0.25, 0.3) is 0 Å². The summed E-state index contributed by atoms with van der Waals surface area (Å²) in [6.45, 7) is 1.81. The molecule has 104 valence electrons. The number of aryl methyl sites for hydroxylation is 2. The minimum Gasteiger partial charge on any atom is -0.369 e.